The largest absolute Gasteiger partial charge is 0.450 e. The maximum Gasteiger partial charge on any atom is 0.330 e. The lowest BCUT2D eigenvalue weighted by Crippen LogP contribution is -2.32. The van der Waals surface area contributed by atoms with Crippen LogP contribution in [0.15, 0.2) is 46.1 Å². The van der Waals surface area contributed by atoms with E-state index < -0.39 is 29.7 Å². The molecule has 1 aromatic carbocycles. The third-order valence-electron chi connectivity index (χ3n) is 3.60. The Hall–Kier alpha value is -2.42. The molecule has 8 heteroatoms. The Labute approximate surface area is 130 Å². The molecule has 2 heterocycles. The number of nitrogens with one attached hydrogen (secondary N) is 1. The first-order valence-corrected chi connectivity index (χ1v) is 7.11. The van der Waals surface area contributed by atoms with Crippen LogP contribution in [0.3, 0.4) is 0 Å². The highest BCUT2D eigenvalue weighted by Crippen LogP contribution is 2.28. The molecule has 122 valence electrons. The normalized spacial score (nSPS) is 23.8. The van der Waals surface area contributed by atoms with Crippen molar-refractivity contribution in [1.82, 2.24) is 9.55 Å². The van der Waals surface area contributed by atoms with Gasteiger partial charge in [-0.1, -0.05) is 18.2 Å². The van der Waals surface area contributed by atoms with Crippen LogP contribution in [0.1, 0.15) is 12.6 Å². The van der Waals surface area contributed by atoms with E-state index in [2.05, 4.69) is 4.98 Å². The van der Waals surface area contributed by atoms with Gasteiger partial charge in [0, 0.05) is 6.42 Å². The molecule has 3 atom stereocenters. The van der Waals surface area contributed by atoms with Crippen LogP contribution in [0.5, 0.6) is 11.5 Å². The molecule has 23 heavy (non-hydrogen) atoms. The Bertz CT molecular complexity index is 785. The lowest BCUT2D eigenvalue weighted by molar-refractivity contribution is -0.0460. The summed E-state index contributed by atoms with van der Waals surface area (Å²) in [6, 6.07) is 8.66. The molecule has 0 radical (unpaired) electrons. The number of para-hydroxylation sites is 1. The molecule has 3 rings (SSSR count). The van der Waals surface area contributed by atoms with Crippen molar-refractivity contribution >= 4 is 0 Å². The molecule has 0 aliphatic carbocycles. The molecular weight excluding hydrogens is 304 g/mol. The highest BCUT2D eigenvalue weighted by molar-refractivity contribution is 5.27. The van der Waals surface area contributed by atoms with Gasteiger partial charge in [-0.25, -0.2) is 4.79 Å². The second-order valence-electron chi connectivity index (χ2n) is 5.19. The van der Waals surface area contributed by atoms with Crippen molar-refractivity contribution in [1.29, 1.82) is 0 Å². The third kappa shape index (κ3) is 3.19. The molecule has 3 N–H and O–H groups in total. The van der Waals surface area contributed by atoms with E-state index in [0.717, 1.165) is 4.57 Å². The highest BCUT2D eigenvalue weighted by Gasteiger charge is 2.35. The zero-order valence-corrected chi connectivity index (χ0v) is 12.1. The minimum Gasteiger partial charge on any atom is -0.450 e. The quantitative estimate of drug-likeness (QED) is 0.729. The van der Waals surface area contributed by atoms with E-state index >= 15 is 0 Å². The Morgan fingerprint density at radius 3 is 2.70 bits per heavy atom. The molecule has 1 saturated heterocycles. The molecule has 1 aliphatic rings. The Balaban J connectivity index is 1.92. The van der Waals surface area contributed by atoms with Crippen LogP contribution in [0, 0.1) is 0 Å². The summed E-state index contributed by atoms with van der Waals surface area (Å²) in [5.74, 6) is 0.380. The average molecular weight is 320 g/mol. The number of ether oxygens (including phenoxy) is 2. The Morgan fingerprint density at radius 1 is 1.30 bits per heavy atom. The molecule has 0 spiro atoms. The fourth-order valence-electron chi connectivity index (χ4n) is 2.42. The Morgan fingerprint density at radius 2 is 2.04 bits per heavy atom. The number of H-pyrrole nitrogens is 1. The second kappa shape index (κ2) is 6.37. The summed E-state index contributed by atoms with van der Waals surface area (Å²) in [4.78, 5) is 26.0. The van der Waals surface area contributed by atoms with Crippen LogP contribution in [0.2, 0.25) is 0 Å². The van der Waals surface area contributed by atoms with Gasteiger partial charge in [-0.15, -0.1) is 0 Å². The number of benzene rings is 1. The van der Waals surface area contributed by atoms with Crippen LogP contribution >= 0.6 is 0 Å². The van der Waals surface area contributed by atoms with Crippen LogP contribution in [0.25, 0.3) is 0 Å². The van der Waals surface area contributed by atoms with Crippen LogP contribution < -0.4 is 16.0 Å². The molecule has 8 nitrogen and oxygen atoms in total. The summed E-state index contributed by atoms with van der Waals surface area (Å²) < 4.78 is 12.0. The minimum atomic E-state index is -0.887. The van der Waals surface area contributed by atoms with E-state index in [4.69, 9.17) is 14.6 Å². The van der Waals surface area contributed by atoms with Gasteiger partial charge in [0.1, 0.15) is 18.1 Å². The van der Waals surface area contributed by atoms with Crippen LogP contribution in [-0.4, -0.2) is 38.6 Å². The molecule has 2 aromatic rings. The molecule has 0 amide bonds. The zero-order valence-electron chi connectivity index (χ0n) is 12.1. The minimum absolute atomic E-state index is 0.0682. The predicted octanol–water partition coefficient (Wildman–Crippen LogP) is -0.0304. The number of hydrogen-bond donors (Lipinski definition) is 3. The van der Waals surface area contributed by atoms with Gasteiger partial charge in [0.2, 0.25) is 5.75 Å². The van der Waals surface area contributed by atoms with Gasteiger partial charge in [-0.2, -0.15) is 0 Å². The Kier molecular flexibility index (Phi) is 4.28. The highest BCUT2D eigenvalue weighted by atomic mass is 16.5. The van der Waals surface area contributed by atoms with E-state index in [-0.39, 0.29) is 18.8 Å². The molecular formula is C15H16N2O6. The lowest BCUT2D eigenvalue weighted by atomic mass is 10.2. The maximum atomic E-state index is 12.0. The van der Waals surface area contributed by atoms with Gasteiger partial charge in [0.25, 0.3) is 5.56 Å². The molecule has 1 fully saturated rings. The molecule has 0 saturated carbocycles. The summed E-state index contributed by atoms with van der Waals surface area (Å²) in [7, 11) is 0. The molecule has 3 unspecified atom stereocenters. The van der Waals surface area contributed by atoms with Gasteiger partial charge in [0.05, 0.1) is 18.9 Å². The topological polar surface area (TPSA) is 114 Å². The van der Waals surface area contributed by atoms with Gasteiger partial charge in [0.15, 0.2) is 0 Å². The van der Waals surface area contributed by atoms with Gasteiger partial charge < -0.3 is 19.7 Å². The van der Waals surface area contributed by atoms with Crippen molar-refractivity contribution < 1.29 is 19.7 Å². The third-order valence-corrected chi connectivity index (χ3v) is 3.60. The standard InChI is InChI=1S/C15H16N2O6/c18-8-12-10(19)6-13(23-12)17-7-11(14(20)16-15(17)21)22-9-4-2-1-3-5-9/h1-5,7,10,12-13,18-19H,6,8H2,(H,16,20,21). The van der Waals surface area contributed by atoms with E-state index in [1.807, 2.05) is 0 Å². The number of hydrogen-bond acceptors (Lipinski definition) is 6. The van der Waals surface area contributed by atoms with Gasteiger partial charge in [-0.3, -0.25) is 14.3 Å². The van der Waals surface area contributed by atoms with Crippen molar-refractivity contribution in [3.05, 3.63) is 57.4 Å². The smallest absolute Gasteiger partial charge is 0.330 e. The number of aliphatic hydroxyl groups excluding tert-OH is 2. The number of aromatic nitrogens is 2. The van der Waals surface area contributed by atoms with Crippen LogP contribution in [-0.2, 0) is 4.74 Å². The fraction of sp³-hybridized carbons (Fsp3) is 0.333. The number of aromatic amines is 1. The second-order valence-corrected chi connectivity index (χ2v) is 5.19. The van der Waals surface area contributed by atoms with Crippen molar-refractivity contribution in [2.45, 2.75) is 24.9 Å². The summed E-state index contributed by atoms with van der Waals surface area (Å²) in [6.45, 7) is -0.358. The SMILES string of the molecule is O=c1[nH]c(=O)n(C2CC(O)C(CO)O2)cc1Oc1ccccc1. The van der Waals surface area contributed by atoms with Crippen molar-refractivity contribution in [2.75, 3.05) is 6.61 Å². The summed E-state index contributed by atoms with van der Waals surface area (Å²) >= 11 is 0. The summed E-state index contributed by atoms with van der Waals surface area (Å²) in [6.07, 6.45) is -1.07. The van der Waals surface area contributed by atoms with E-state index in [9.17, 15) is 14.7 Å². The molecule has 0 bridgehead atoms. The average Bonchev–Trinajstić information content (AvgIpc) is 2.91. The first-order valence-electron chi connectivity index (χ1n) is 7.11. The first-order chi connectivity index (χ1) is 11.1. The van der Waals surface area contributed by atoms with Gasteiger partial charge >= 0.3 is 5.69 Å². The van der Waals surface area contributed by atoms with Crippen LogP contribution in [0.4, 0.5) is 0 Å². The maximum absolute atomic E-state index is 12.0. The number of aliphatic hydroxyl groups is 2. The van der Waals surface area contributed by atoms with Crippen molar-refractivity contribution in [2.24, 2.45) is 0 Å². The van der Waals surface area contributed by atoms with Crippen molar-refractivity contribution in [3.8, 4) is 11.5 Å². The number of rotatable bonds is 4. The van der Waals surface area contributed by atoms with E-state index in [1.165, 1.54) is 6.20 Å². The monoisotopic (exact) mass is 320 g/mol. The first kappa shape index (κ1) is 15.5. The fourth-order valence-corrected chi connectivity index (χ4v) is 2.42. The van der Waals surface area contributed by atoms with E-state index in [0.29, 0.717) is 5.75 Å². The molecule has 1 aliphatic heterocycles. The zero-order chi connectivity index (χ0) is 16.4. The number of nitrogens with zero attached hydrogens (tertiary/aromatic N) is 1. The van der Waals surface area contributed by atoms with Crippen molar-refractivity contribution in [3.63, 3.8) is 0 Å². The predicted molar refractivity (Wildman–Crippen MR) is 79.5 cm³/mol. The summed E-state index contributed by atoms with van der Waals surface area (Å²) in [5, 5.41) is 18.9. The molecule has 1 aromatic heterocycles. The summed E-state index contributed by atoms with van der Waals surface area (Å²) in [5.41, 5.74) is -1.33. The van der Waals surface area contributed by atoms with Gasteiger partial charge in [-0.05, 0) is 12.1 Å². The lowest BCUT2D eigenvalue weighted by Gasteiger charge is -2.15. The van der Waals surface area contributed by atoms with E-state index in [1.54, 1.807) is 30.3 Å².